The highest BCUT2D eigenvalue weighted by molar-refractivity contribution is 6.30. The van der Waals surface area contributed by atoms with E-state index >= 15 is 0 Å². The van der Waals surface area contributed by atoms with E-state index in [4.69, 9.17) is 16.3 Å². The van der Waals surface area contributed by atoms with Crippen LogP contribution in [0.5, 0.6) is 5.75 Å². The van der Waals surface area contributed by atoms with E-state index in [-0.39, 0.29) is 10.7 Å². The van der Waals surface area contributed by atoms with E-state index in [0.29, 0.717) is 29.3 Å². The average molecular weight is 267 g/mol. The number of fused-ring (bicyclic) bond motifs is 1. The topological polar surface area (TPSA) is 43.6 Å². The summed E-state index contributed by atoms with van der Waals surface area (Å²) in [5.41, 5.74) is 0.873. The lowest BCUT2D eigenvalue weighted by molar-refractivity contribution is 0.416. The molecule has 0 bridgehead atoms. The number of hydrogen-bond donors (Lipinski definition) is 0. The third-order valence-corrected chi connectivity index (χ3v) is 3.01. The van der Waals surface area contributed by atoms with Crippen LogP contribution in [0.2, 0.25) is 5.15 Å². The zero-order chi connectivity index (χ0) is 13.3. The molecule has 0 saturated heterocycles. The Kier molecular flexibility index (Phi) is 3.57. The van der Waals surface area contributed by atoms with E-state index < -0.39 is 0 Å². The Hall–Kier alpha value is -1.55. The van der Waals surface area contributed by atoms with Crippen LogP contribution in [0.1, 0.15) is 19.4 Å². The van der Waals surface area contributed by atoms with Gasteiger partial charge in [0, 0.05) is 6.20 Å². The molecule has 0 aliphatic rings. The van der Waals surface area contributed by atoms with Crippen LogP contribution < -0.4 is 10.3 Å². The summed E-state index contributed by atoms with van der Waals surface area (Å²) in [5.74, 6) is 0.883. The van der Waals surface area contributed by atoms with Gasteiger partial charge in [-0.2, -0.15) is 0 Å². The maximum atomic E-state index is 12.3. The van der Waals surface area contributed by atoms with Crippen LogP contribution in [0, 0.1) is 5.92 Å². The van der Waals surface area contributed by atoms with E-state index in [1.165, 1.54) is 11.5 Å². The van der Waals surface area contributed by atoms with Crippen molar-refractivity contribution in [2.24, 2.45) is 5.92 Å². The molecule has 0 saturated carbocycles. The molecule has 0 aliphatic carbocycles. The molecular weight excluding hydrogens is 252 g/mol. The number of nitrogens with zero attached hydrogens (tertiary/aromatic N) is 2. The Labute approximate surface area is 110 Å². The molecule has 2 aromatic heterocycles. The highest BCUT2D eigenvalue weighted by Gasteiger charge is 2.14. The van der Waals surface area contributed by atoms with E-state index in [0.717, 1.165) is 0 Å². The lowest BCUT2D eigenvalue weighted by Crippen LogP contribution is -2.21. The van der Waals surface area contributed by atoms with Gasteiger partial charge in [0.15, 0.2) is 11.4 Å². The number of rotatable bonds is 3. The molecule has 96 valence electrons. The van der Waals surface area contributed by atoms with E-state index in [1.807, 2.05) is 13.8 Å². The minimum absolute atomic E-state index is 0.127. The Morgan fingerprint density at radius 3 is 2.83 bits per heavy atom. The Balaban J connectivity index is 2.75. The minimum Gasteiger partial charge on any atom is -0.493 e. The second-order valence-corrected chi connectivity index (χ2v) is 4.91. The molecule has 0 atom stereocenters. The number of aromatic nitrogens is 2. The second-order valence-electron chi connectivity index (χ2n) is 4.55. The lowest BCUT2D eigenvalue weighted by Gasteiger charge is -2.10. The summed E-state index contributed by atoms with van der Waals surface area (Å²) in [6.45, 7) is 4.08. The fourth-order valence-electron chi connectivity index (χ4n) is 1.89. The Morgan fingerprint density at radius 1 is 1.50 bits per heavy atom. The lowest BCUT2D eigenvalue weighted by atomic mass is 10.1. The molecule has 2 aromatic rings. The predicted molar refractivity (Wildman–Crippen MR) is 71.6 cm³/mol. The summed E-state index contributed by atoms with van der Waals surface area (Å²) < 4.78 is 6.65. The molecule has 0 radical (unpaired) electrons. The van der Waals surface area contributed by atoms with Crippen molar-refractivity contribution in [2.45, 2.75) is 20.3 Å². The van der Waals surface area contributed by atoms with Gasteiger partial charge < -0.3 is 4.74 Å². The smallest absolute Gasteiger partial charge is 0.262 e. The first-order valence-electron chi connectivity index (χ1n) is 5.78. The summed E-state index contributed by atoms with van der Waals surface area (Å²) in [5, 5.41) is 0.262. The molecule has 0 N–H and O–H groups in total. The van der Waals surface area contributed by atoms with Crippen molar-refractivity contribution < 1.29 is 4.74 Å². The maximum absolute atomic E-state index is 12.3. The van der Waals surface area contributed by atoms with Crippen LogP contribution in [0.15, 0.2) is 23.1 Å². The average Bonchev–Trinajstić information content (AvgIpc) is 2.33. The molecule has 4 nitrogen and oxygen atoms in total. The van der Waals surface area contributed by atoms with Crippen molar-refractivity contribution in [1.82, 2.24) is 9.38 Å². The summed E-state index contributed by atoms with van der Waals surface area (Å²) in [4.78, 5) is 16.6. The second kappa shape index (κ2) is 4.98. The van der Waals surface area contributed by atoms with Crippen LogP contribution in [-0.2, 0) is 6.42 Å². The highest BCUT2D eigenvalue weighted by atomic mass is 35.5. The number of ether oxygens (including phenoxy) is 1. The Bertz CT molecular complexity index is 635. The fraction of sp³-hybridized carbons (Fsp3) is 0.385. The monoisotopic (exact) mass is 266 g/mol. The van der Waals surface area contributed by atoms with Gasteiger partial charge in [0.1, 0.15) is 5.15 Å². The normalized spacial score (nSPS) is 11.2. The van der Waals surface area contributed by atoms with Gasteiger partial charge >= 0.3 is 0 Å². The number of halogens is 1. The largest absolute Gasteiger partial charge is 0.493 e. The quantitative estimate of drug-likeness (QED) is 0.802. The van der Waals surface area contributed by atoms with Crippen LogP contribution >= 0.6 is 11.6 Å². The highest BCUT2D eigenvalue weighted by Crippen LogP contribution is 2.20. The van der Waals surface area contributed by atoms with Gasteiger partial charge in [-0.3, -0.25) is 9.20 Å². The molecule has 0 spiro atoms. The zero-order valence-corrected chi connectivity index (χ0v) is 11.4. The number of methoxy groups -OCH3 is 1. The van der Waals surface area contributed by atoms with Gasteiger partial charge in [0.2, 0.25) is 0 Å². The Morgan fingerprint density at radius 2 is 2.22 bits per heavy atom. The summed E-state index contributed by atoms with van der Waals surface area (Å²) in [6, 6.07) is 3.50. The van der Waals surface area contributed by atoms with E-state index in [9.17, 15) is 4.79 Å². The van der Waals surface area contributed by atoms with Gasteiger partial charge in [-0.15, -0.1) is 0 Å². The van der Waals surface area contributed by atoms with Crippen molar-refractivity contribution in [1.29, 1.82) is 0 Å². The van der Waals surface area contributed by atoms with E-state index in [2.05, 4.69) is 4.98 Å². The fourth-order valence-corrected chi connectivity index (χ4v) is 2.12. The number of hydrogen-bond acceptors (Lipinski definition) is 3. The summed E-state index contributed by atoms with van der Waals surface area (Å²) >= 11 is 6.10. The minimum atomic E-state index is -0.127. The first-order chi connectivity index (χ1) is 8.54. The zero-order valence-electron chi connectivity index (χ0n) is 10.6. The first-order valence-corrected chi connectivity index (χ1v) is 6.16. The molecule has 18 heavy (non-hydrogen) atoms. The molecule has 0 fully saturated rings. The SMILES string of the molecule is COc1cccn2c(=O)c(CC(C)C)c(Cl)nc12. The summed E-state index contributed by atoms with van der Waals surface area (Å²) in [6.07, 6.45) is 2.29. The van der Waals surface area contributed by atoms with Crippen LogP contribution in [0.25, 0.3) is 5.65 Å². The van der Waals surface area contributed by atoms with E-state index in [1.54, 1.807) is 18.3 Å². The first kappa shape index (κ1) is 12.9. The molecular formula is C13H15ClN2O2. The van der Waals surface area contributed by atoms with Crippen LogP contribution in [0.3, 0.4) is 0 Å². The van der Waals surface area contributed by atoms with Crippen molar-refractivity contribution in [2.75, 3.05) is 7.11 Å². The van der Waals surface area contributed by atoms with Crippen molar-refractivity contribution >= 4 is 17.2 Å². The maximum Gasteiger partial charge on any atom is 0.262 e. The molecule has 5 heteroatoms. The molecule has 2 rings (SSSR count). The van der Waals surface area contributed by atoms with Crippen molar-refractivity contribution in [3.05, 3.63) is 39.4 Å². The van der Waals surface area contributed by atoms with Gasteiger partial charge in [0.05, 0.1) is 12.7 Å². The van der Waals surface area contributed by atoms with Crippen molar-refractivity contribution in [3.63, 3.8) is 0 Å². The van der Waals surface area contributed by atoms with Gasteiger partial charge in [-0.1, -0.05) is 25.4 Å². The van der Waals surface area contributed by atoms with Gasteiger partial charge in [0.25, 0.3) is 5.56 Å². The molecule has 0 aromatic carbocycles. The van der Waals surface area contributed by atoms with Crippen LogP contribution in [-0.4, -0.2) is 16.5 Å². The van der Waals surface area contributed by atoms with Crippen LogP contribution in [0.4, 0.5) is 0 Å². The van der Waals surface area contributed by atoms with Gasteiger partial charge in [-0.25, -0.2) is 4.98 Å². The molecule has 0 unspecified atom stereocenters. The number of pyridine rings is 1. The predicted octanol–water partition coefficient (Wildman–Crippen LogP) is 2.56. The molecule has 0 aliphatic heterocycles. The van der Waals surface area contributed by atoms with Crippen molar-refractivity contribution in [3.8, 4) is 5.75 Å². The molecule has 2 heterocycles. The van der Waals surface area contributed by atoms with Gasteiger partial charge in [-0.05, 0) is 24.5 Å². The third-order valence-electron chi connectivity index (χ3n) is 2.69. The third kappa shape index (κ3) is 2.20. The summed E-state index contributed by atoms with van der Waals surface area (Å²) in [7, 11) is 1.54. The standard InChI is InChI=1S/C13H15ClN2O2/c1-8(2)7-9-11(14)15-12-10(18-3)5-4-6-16(12)13(9)17/h4-6,8H,7H2,1-3H3. The molecule has 0 amide bonds.